The Morgan fingerprint density at radius 2 is 2.10 bits per heavy atom. The molecular weight excluding hydrogens is 299 g/mol. The zero-order chi connectivity index (χ0) is 15.3. The number of methoxy groups -OCH3 is 1. The van der Waals surface area contributed by atoms with E-state index in [-0.39, 0.29) is 12.5 Å². The maximum atomic E-state index is 11.9. The first kappa shape index (κ1) is 17.2. The molecule has 3 N–H and O–H groups in total. The Balaban J connectivity index is 2.71. The molecule has 0 radical (unpaired) electrons. The van der Waals surface area contributed by atoms with Gasteiger partial charge < -0.3 is 15.8 Å². The van der Waals surface area contributed by atoms with Crippen LogP contribution in [0.3, 0.4) is 0 Å². The average Bonchev–Trinajstić information content (AvgIpc) is 2.32. The lowest BCUT2D eigenvalue weighted by Crippen LogP contribution is -2.52. The van der Waals surface area contributed by atoms with Gasteiger partial charge in [-0.2, -0.15) is 0 Å². The number of hydrogen-bond acceptors (Lipinski definition) is 3. The largest absolute Gasteiger partial charge is 0.383 e. The molecule has 0 aromatic heterocycles. The number of ether oxygens (including phenoxy) is 1. The number of nitrogens with two attached hydrogens (primary N) is 1. The summed E-state index contributed by atoms with van der Waals surface area (Å²) in [6.07, 6.45) is 0.578. The highest BCUT2D eigenvalue weighted by atomic mass is 35.5. The van der Waals surface area contributed by atoms with Crippen molar-refractivity contribution >= 4 is 29.1 Å². The minimum atomic E-state index is -0.681. The minimum Gasteiger partial charge on any atom is -0.383 e. The summed E-state index contributed by atoms with van der Waals surface area (Å²) in [5, 5.41) is 4.07. The highest BCUT2D eigenvalue weighted by Crippen LogP contribution is 2.24. The molecule has 1 amide bonds. The zero-order valence-electron chi connectivity index (χ0n) is 11.9. The molecule has 0 spiro atoms. The Kier molecular flexibility index (Phi) is 6.27. The van der Waals surface area contributed by atoms with E-state index in [1.54, 1.807) is 12.1 Å². The topological polar surface area (TPSA) is 64.3 Å². The first-order valence-electron chi connectivity index (χ1n) is 6.25. The van der Waals surface area contributed by atoms with Crippen LogP contribution in [0.4, 0.5) is 0 Å². The fourth-order valence-corrected chi connectivity index (χ4v) is 2.34. The van der Waals surface area contributed by atoms with Crippen LogP contribution in [0.25, 0.3) is 0 Å². The van der Waals surface area contributed by atoms with Crippen molar-refractivity contribution in [2.24, 2.45) is 5.73 Å². The number of halogens is 2. The third-order valence-electron chi connectivity index (χ3n) is 2.79. The van der Waals surface area contributed by atoms with Crippen molar-refractivity contribution in [2.45, 2.75) is 31.8 Å². The van der Waals surface area contributed by atoms with Crippen molar-refractivity contribution < 1.29 is 9.53 Å². The summed E-state index contributed by atoms with van der Waals surface area (Å²) in [7, 11) is 1.51. The van der Waals surface area contributed by atoms with E-state index in [0.717, 1.165) is 5.56 Å². The van der Waals surface area contributed by atoms with E-state index in [9.17, 15) is 4.79 Å². The molecule has 0 aliphatic rings. The summed E-state index contributed by atoms with van der Waals surface area (Å²) in [5.41, 5.74) is 6.14. The van der Waals surface area contributed by atoms with Gasteiger partial charge in [0.15, 0.2) is 0 Å². The third kappa shape index (κ3) is 5.29. The van der Waals surface area contributed by atoms with Gasteiger partial charge in [0.25, 0.3) is 0 Å². The van der Waals surface area contributed by atoms with Gasteiger partial charge in [-0.3, -0.25) is 4.79 Å². The summed E-state index contributed by atoms with van der Waals surface area (Å²) in [4.78, 5) is 11.9. The molecule has 0 bridgehead atoms. The number of carbonyl (C=O) groups is 1. The van der Waals surface area contributed by atoms with E-state index in [0.29, 0.717) is 16.5 Å². The number of nitrogens with one attached hydrogen (secondary N) is 1. The van der Waals surface area contributed by atoms with Crippen LogP contribution in [-0.4, -0.2) is 31.2 Å². The zero-order valence-corrected chi connectivity index (χ0v) is 13.4. The molecule has 0 aliphatic heterocycles. The van der Waals surface area contributed by atoms with Gasteiger partial charge in [-0.15, -0.1) is 0 Å². The smallest absolute Gasteiger partial charge is 0.239 e. The standard InChI is InChI=1S/C14H20Cl2N2O2/c1-14(2,18-13(19)12(17)8-20-3)7-9-4-5-10(15)6-11(9)16/h4-6,12H,7-8,17H2,1-3H3,(H,18,19). The van der Waals surface area contributed by atoms with E-state index in [1.807, 2.05) is 19.9 Å². The molecule has 1 atom stereocenters. The summed E-state index contributed by atoms with van der Waals surface area (Å²) in [5.74, 6) is -0.248. The van der Waals surface area contributed by atoms with Crippen LogP contribution in [0, 0.1) is 0 Å². The van der Waals surface area contributed by atoms with Crippen molar-refractivity contribution in [3.8, 4) is 0 Å². The molecule has 6 heteroatoms. The molecule has 20 heavy (non-hydrogen) atoms. The molecule has 0 heterocycles. The molecule has 4 nitrogen and oxygen atoms in total. The molecule has 112 valence electrons. The summed E-state index contributed by atoms with van der Waals surface area (Å²) in [6.45, 7) is 4.01. The summed E-state index contributed by atoms with van der Waals surface area (Å²) in [6, 6.07) is 4.64. The highest BCUT2D eigenvalue weighted by Gasteiger charge is 2.25. The second-order valence-corrected chi connectivity index (χ2v) is 6.19. The lowest BCUT2D eigenvalue weighted by atomic mass is 9.94. The van der Waals surface area contributed by atoms with Crippen molar-refractivity contribution in [1.29, 1.82) is 0 Å². The van der Waals surface area contributed by atoms with E-state index in [1.165, 1.54) is 7.11 Å². The van der Waals surface area contributed by atoms with Gasteiger partial charge in [-0.1, -0.05) is 29.3 Å². The summed E-state index contributed by atoms with van der Waals surface area (Å²) >= 11 is 12.0. The second kappa shape index (κ2) is 7.27. The van der Waals surface area contributed by atoms with Gasteiger partial charge in [-0.25, -0.2) is 0 Å². The third-order valence-corrected chi connectivity index (χ3v) is 3.38. The monoisotopic (exact) mass is 318 g/mol. The van der Waals surface area contributed by atoms with Gasteiger partial charge in [0.1, 0.15) is 6.04 Å². The Morgan fingerprint density at radius 1 is 1.45 bits per heavy atom. The van der Waals surface area contributed by atoms with Crippen LogP contribution in [0.5, 0.6) is 0 Å². The molecule has 1 aromatic rings. The van der Waals surface area contributed by atoms with Crippen LogP contribution in [-0.2, 0) is 16.0 Å². The average molecular weight is 319 g/mol. The number of benzene rings is 1. The van der Waals surface area contributed by atoms with Crippen LogP contribution in [0.1, 0.15) is 19.4 Å². The lowest BCUT2D eigenvalue weighted by Gasteiger charge is -2.28. The van der Waals surface area contributed by atoms with Crippen LogP contribution < -0.4 is 11.1 Å². The molecule has 0 aliphatic carbocycles. The van der Waals surface area contributed by atoms with E-state index in [4.69, 9.17) is 33.7 Å². The fourth-order valence-electron chi connectivity index (χ4n) is 1.87. The first-order valence-corrected chi connectivity index (χ1v) is 7.01. The number of rotatable bonds is 6. The number of carbonyl (C=O) groups excluding carboxylic acids is 1. The minimum absolute atomic E-state index is 0.184. The molecule has 1 rings (SSSR count). The van der Waals surface area contributed by atoms with Gasteiger partial charge in [0.05, 0.1) is 6.61 Å². The molecule has 1 unspecified atom stereocenters. The van der Waals surface area contributed by atoms with Crippen LogP contribution in [0.15, 0.2) is 18.2 Å². The predicted octanol–water partition coefficient (Wildman–Crippen LogP) is 2.40. The molecule has 1 aromatic carbocycles. The molecule has 0 fully saturated rings. The van der Waals surface area contributed by atoms with E-state index >= 15 is 0 Å². The molecule has 0 saturated carbocycles. The Bertz CT molecular complexity index is 478. The SMILES string of the molecule is COCC(N)C(=O)NC(C)(C)Cc1ccc(Cl)cc1Cl. The predicted molar refractivity (Wildman–Crippen MR) is 82.2 cm³/mol. The van der Waals surface area contributed by atoms with Gasteiger partial charge in [0.2, 0.25) is 5.91 Å². The van der Waals surface area contributed by atoms with Crippen molar-refractivity contribution in [2.75, 3.05) is 13.7 Å². The maximum absolute atomic E-state index is 11.9. The van der Waals surface area contributed by atoms with Crippen molar-refractivity contribution in [3.05, 3.63) is 33.8 Å². The van der Waals surface area contributed by atoms with Crippen LogP contribution >= 0.6 is 23.2 Å². The number of amides is 1. The Labute approximate surface area is 129 Å². The van der Waals surface area contributed by atoms with Crippen molar-refractivity contribution in [3.63, 3.8) is 0 Å². The molecular formula is C14H20Cl2N2O2. The Hall–Kier alpha value is -0.810. The normalized spacial score (nSPS) is 13.1. The first-order chi connectivity index (χ1) is 9.25. The van der Waals surface area contributed by atoms with Gasteiger partial charge in [0, 0.05) is 22.7 Å². The molecule has 0 saturated heterocycles. The fraction of sp³-hybridized carbons (Fsp3) is 0.500. The Morgan fingerprint density at radius 3 is 2.65 bits per heavy atom. The lowest BCUT2D eigenvalue weighted by molar-refractivity contribution is -0.125. The maximum Gasteiger partial charge on any atom is 0.239 e. The van der Waals surface area contributed by atoms with Crippen molar-refractivity contribution in [1.82, 2.24) is 5.32 Å². The highest BCUT2D eigenvalue weighted by molar-refractivity contribution is 6.35. The summed E-state index contributed by atoms with van der Waals surface area (Å²) < 4.78 is 4.87. The van der Waals surface area contributed by atoms with E-state index < -0.39 is 11.6 Å². The van der Waals surface area contributed by atoms with E-state index in [2.05, 4.69) is 5.32 Å². The quantitative estimate of drug-likeness (QED) is 0.846. The second-order valence-electron chi connectivity index (χ2n) is 5.35. The number of hydrogen-bond donors (Lipinski definition) is 2. The van der Waals surface area contributed by atoms with Crippen LogP contribution in [0.2, 0.25) is 10.0 Å². The van der Waals surface area contributed by atoms with Gasteiger partial charge >= 0.3 is 0 Å². The van der Waals surface area contributed by atoms with Gasteiger partial charge in [-0.05, 0) is 38.0 Å².